The number of anilines is 1. The molecule has 0 saturated carbocycles. The number of aryl methyl sites for hydroxylation is 1. The lowest BCUT2D eigenvalue weighted by molar-refractivity contribution is 0.0993. The molecule has 8 nitrogen and oxygen atoms in total. The maximum atomic E-state index is 13.3. The lowest BCUT2D eigenvalue weighted by Crippen LogP contribution is -2.27. The van der Waals surface area contributed by atoms with Gasteiger partial charge in [0.2, 0.25) is 5.96 Å². The Labute approximate surface area is 203 Å². The molecule has 35 heavy (non-hydrogen) atoms. The second-order valence-electron chi connectivity index (χ2n) is 9.89. The number of para-hydroxylation sites is 1. The zero-order valence-electron chi connectivity index (χ0n) is 20.5. The van der Waals surface area contributed by atoms with E-state index in [1.54, 1.807) is 0 Å². The Bertz CT molecular complexity index is 1530. The van der Waals surface area contributed by atoms with E-state index in [4.69, 9.17) is 15.9 Å². The molecule has 0 bridgehead atoms. The minimum Gasteiger partial charge on any atom is -0.455 e. The molecule has 0 atom stereocenters. The number of furan rings is 1. The van der Waals surface area contributed by atoms with Crippen molar-refractivity contribution in [1.29, 1.82) is 0 Å². The number of benzene rings is 2. The number of hydrogen-bond donors (Lipinski definition) is 3. The Morgan fingerprint density at radius 3 is 2.60 bits per heavy atom. The van der Waals surface area contributed by atoms with E-state index >= 15 is 0 Å². The van der Waals surface area contributed by atoms with Crippen LogP contribution in [0.25, 0.3) is 21.8 Å². The fourth-order valence-electron chi connectivity index (χ4n) is 5.19. The Balaban J connectivity index is 1.52. The summed E-state index contributed by atoms with van der Waals surface area (Å²) in [6, 6.07) is 14.3. The smallest absolute Gasteiger partial charge is 0.291 e. The third-order valence-corrected chi connectivity index (χ3v) is 6.63. The molecule has 0 radical (unpaired) electrons. The molecule has 0 unspecified atom stereocenters. The zero-order chi connectivity index (χ0) is 24.9. The summed E-state index contributed by atoms with van der Waals surface area (Å²) in [6.07, 6.45) is 1.37. The van der Waals surface area contributed by atoms with E-state index in [9.17, 15) is 4.79 Å². The summed E-state index contributed by atoms with van der Waals surface area (Å²) in [5.74, 6) is 0.604. The van der Waals surface area contributed by atoms with E-state index in [1.165, 1.54) is 5.52 Å². The SMILES string of the molecule is CCn1c2ccccc2c2cc(NC(=O)c3oc4c(c3C)/C(=N\N=C(N)N)CC(C)(C)C4)ccc21. The third kappa shape index (κ3) is 3.95. The van der Waals surface area contributed by atoms with Crippen molar-refractivity contribution in [3.63, 3.8) is 0 Å². The molecule has 0 aliphatic heterocycles. The second-order valence-corrected chi connectivity index (χ2v) is 9.89. The standard InChI is InChI=1S/C27H30N6O2/c1-5-33-20-9-7-6-8-17(20)18-12-16(10-11-21(18)33)30-25(34)24-15(2)23-19(31-32-26(28)29)13-27(3,4)14-22(23)35-24/h6-12H,5,13-14H2,1-4H3,(H,30,34)(H4,28,29,32)/b31-19-. The Kier molecular flexibility index (Phi) is 5.39. The van der Waals surface area contributed by atoms with Crippen molar-refractivity contribution in [2.24, 2.45) is 27.1 Å². The van der Waals surface area contributed by atoms with Crippen LogP contribution in [0, 0.1) is 12.3 Å². The van der Waals surface area contributed by atoms with Gasteiger partial charge in [0.1, 0.15) is 5.76 Å². The van der Waals surface area contributed by atoms with Gasteiger partial charge in [0, 0.05) is 51.6 Å². The first-order valence-corrected chi connectivity index (χ1v) is 11.8. The lowest BCUT2D eigenvalue weighted by Gasteiger charge is -2.29. The zero-order valence-corrected chi connectivity index (χ0v) is 20.5. The van der Waals surface area contributed by atoms with Crippen LogP contribution >= 0.6 is 0 Å². The second kappa shape index (κ2) is 8.30. The highest BCUT2D eigenvalue weighted by atomic mass is 16.4. The number of carbonyl (C=O) groups is 1. The summed E-state index contributed by atoms with van der Waals surface area (Å²) >= 11 is 0. The van der Waals surface area contributed by atoms with Gasteiger partial charge in [0.25, 0.3) is 5.91 Å². The quantitative estimate of drug-likeness (QED) is 0.222. The molecule has 1 amide bonds. The topological polar surface area (TPSA) is 124 Å². The molecule has 2 heterocycles. The molecule has 0 fully saturated rings. The van der Waals surface area contributed by atoms with E-state index in [0.717, 1.165) is 45.4 Å². The molecule has 5 rings (SSSR count). The average molecular weight is 471 g/mol. The molecule has 4 aromatic rings. The highest BCUT2D eigenvalue weighted by molar-refractivity contribution is 6.12. The monoisotopic (exact) mass is 470 g/mol. The van der Waals surface area contributed by atoms with Gasteiger partial charge in [-0.1, -0.05) is 32.0 Å². The molecule has 180 valence electrons. The van der Waals surface area contributed by atoms with Crippen LogP contribution in [0.2, 0.25) is 0 Å². The summed E-state index contributed by atoms with van der Waals surface area (Å²) in [4.78, 5) is 13.3. The van der Waals surface area contributed by atoms with Crippen LogP contribution in [-0.4, -0.2) is 22.1 Å². The normalized spacial score (nSPS) is 15.9. The van der Waals surface area contributed by atoms with Crippen molar-refractivity contribution in [3.05, 3.63) is 65.1 Å². The maximum Gasteiger partial charge on any atom is 0.291 e. The van der Waals surface area contributed by atoms with Crippen molar-refractivity contribution >= 4 is 45.1 Å². The van der Waals surface area contributed by atoms with E-state index < -0.39 is 0 Å². The van der Waals surface area contributed by atoms with Gasteiger partial charge in [-0.25, -0.2) is 0 Å². The number of rotatable bonds is 4. The molecule has 2 aromatic heterocycles. The number of nitrogens with two attached hydrogens (primary N) is 2. The largest absolute Gasteiger partial charge is 0.455 e. The predicted octanol–water partition coefficient (Wildman–Crippen LogP) is 4.92. The van der Waals surface area contributed by atoms with E-state index in [-0.39, 0.29) is 23.0 Å². The Morgan fingerprint density at radius 2 is 1.86 bits per heavy atom. The van der Waals surface area contributed by atoms with Crippen LogP contribution in [0.5, 0.6) is 0 Å². The van der Waals surface area contributed by atoms with Gasteiger partial charge >= 0.3 is 0 Å². The van der Waals surface area contributed by atoms with E-state index in [0.29, 0.717) is 18.5 Å². The molecule has 0 spiro atoms. The van der Waals surface area contributed by atoms with Gasteiger partial charge < -0.3 is 25.8 Å². The van der Waals surface area contributed by atoms with Gasteiger partial charge in [-0.15, -0.1) is 5.10 Å². The Hall–Kier alpha value is -4.07. The number of carbonyl (C=O) groups excluding carboxylic acids is 1. The first-order chi connectivity index (χ1) is 16.7. The molecule has 0 saturated heterocycles. The van der Waals surface area contributed by atoms with E-state index in [2.05, 4.69) is 59.1 Å². The number of aromatic nitrogens is 1. The third-order valence-electron chi connectivity index (χ3n) is 6.63. The number of fused-ring (bicyclic) bond motifs is 4. The molecular weight excluding hydrogens is 440 g/mol. The lowest BCUT2D eigenvalue weighted by atomic mass is 9.75. The van der Waals surface area contributed by atoms with Crippen molar-refractivity contribution < 1.29 is 9.21 Å². The van der Waals surface area contributed by atoms with Crippen LogP contribution in [-0.2, 0) is 13.0 Å². The van der Waals surface area contributed by atoms with Crippen LogP contribution in [0.4, 0.5) is 5.69 Å². The van der Waals surface area contributed by atoms with Crippen LogP contribution in [0.3, 0.4) is 0 Å². The van der Waals surface area contributed by atoms with E-state index in [1.807, 2.05) is 31.2 Å². The average Bonchev–Trinajstić information content (AvgIpc) is 3.30. The van der Waals surface area contributed by atoms with Gasteiger partial charge in [0.05, 0.1) is 5.71 Å². The highest BCUT2D eigenvalue weighted by Gasteiger charge is 2.36. The highest BCUT2D eigenvalue weighted by Crippen LogP contribution is 2.39. The van der Waals surface area contributed by atoms with Crippen molar-refractivity contribution in [2.45, 2.75) is 47.1 Å². The van der Waals surface area contributed by atoms with Crippen LogP contribution in [0.15, 0.2) is 57.1 Å². The van der Waals surface area contributed by atoms with Gasteiger partial charge in [0.15, 0.2) is 5.76 Å². The van der Waals surface area contributed by atoms with Gasteiger partial charge in [-0.2, -0.15) is 5.10 Å². The fraction of sp³-hybridized carbons (Fsp3) is 0.296. The number of nitrogens with one attached hydrogen (secondary N) is 1. The number of guanidine groups is 1. The van der Waals surface area contributed by atoms with Crippen molar-refractivity contribution in [3.8, 4) is 0 Å². The molecule has 1 aliphatic carbocycles. The molecule has 8 heteroatoms. The molecule has 1 aliphatic rings. The molecular formula is C27H30N6O2. The van der Waals surface area contributed by atoms with Crippen molar-refractivity contribution in [2.75, 3.05) is 5.32 Å². The molecule has 2 aromatic carbocycles. The minimum absolute atomic E-state index is 0.0960. The summed E-state index contributed by atoms with van der Waals surface area (Å²) in [6.45, 7) is 9.13. The number of hydrogen-bond acceptors (Lipinski definition) is 4. The summed E-state index contributed by atoms with van der Waals surface area (Å²) in [7, 11) is 0. The van der Waals surface area contributed by atoms with Gasteiger partial charge in [-0.3, -0.25) is 4.79 Å². The van der Waals surface area contributed by atoms with Crippen molar-refractivity contribution in [1.82, 2.24) is 4.57 Å². The number of amides is 1. The first kappa shape index (κ1) is 22.7. The number of nitrogens with zero attached hydrogens (tertiary/aromatic N) is 3. The van der Waals surface area contributed by atoms with Crippen LogP contribution < -0.4 is 16.8 Å². The molecule has 5 N–H and O–H groups in total. The summed E-state index contributed by atoms with van der Waals surface area (Å²) in [5.41, 5.74) is 16.2. The fourth-order valence-corrected chi connectivity index (χ4v) is 5.19. The Morgan fingerprint density at radius 1 is 1.11 bits per heavy atom. The first-order valence-electron chi connectivity index (χ1n) is 11.8. The summed E-state index contributed by atoms with van der Waals surface area (Å²) in [5, 5.41) is 13.4. The van der Waals surface area contributed by atoms with Crippen LogP contribution in [0.1, 0.15) is 54.6 Å². The predicted molar refractivity (Wildman–Crippen MR) is 141 cm³/mol. The maximum absolute atomic E-state index is 13.3. The minimum atomic E-state index is -0.297. The van der Waals surface area contributed by atoms with Gasteiger partial charge in [-0.05, 0) is 49.9 Å². The summed E-state index contributed by atoms with van der Waals surface area (Å²) < 4.78 is 8.39.